The van der Waals surface area contributed by atoms with E-state index in [2.05, 4.69) is 45.1 Å². The van der Waals surface area contributed by atoms with E-state index in [-0.39, 0.29) is 5.60 Å². The molecule has 3 nitrogen and oxygen atoms in total. The van der Waals surface area contributed by atoms with Crippen LogP contribution in [0.15, 0.2) is 18.2 Å². The fraction of sp³-hybridized carbons (Fsp3) is 0.667. The second-order valence-corrected chi connectivity index (χ2v) is 6.09. The predicted molar refractivity (Wildman–Crippen MR) is 87.2 cm³/mol. The molecule has 0 bridgehead atoms. The maximum absolute atomic E-state index is 6.27. The number of nitrogens with one attached hydrogen (secondary N) is 1. The molecule has 1 heterocycles. The molecule has 0 saturated carbocycles. The normalized spacial score (nSPS) is 24.3. The van der Waals surface area contributed by atoms with Crippen molar-refractivity contribution in [1.82, 2.24) is 5.32 Å². The Morgan fingerprint density at radius 3 is 2.81 bits per heavy atom. The zero-order valence-electron chi connectivity index (χ0n) is 13.9. The quantitative estimate of drug-likeness (QED) is 0.752. The van der Waals surface area contributed by atoms with Gasteiger partial charge in [-0.15, -0.1) is 0 Å². The number of hydrogen-bond donors (Lipinski definition) is 1. The van der Waals surface area contributed by atoms with Crippen LogP contribution in [0.25, 0.3) is 0 Å². The third-order valence-electron chi connectivity index (χ3n) is 4.32. The largest absolute Gasteiger partial charge is 0.493 e. The van der Waals surface area contributed by atoms with Crippen LogP contribution in [0.4, 0.5) is 0 Å². The molecule has 118 valence electrons. The Balaban J connectivity index is 2.30. The van der Waals surface area contributed by atoms with E-state index < -0.39 is 0 Å². The molecule has 21 heavy (non-hydrogen) atoms. The summed E-state index contributed by atoms with van der Waals surface area (Å²) in [6, 6.07) is 6.47. The maximum Gasteiger partial charge on any atom is 0.128 e. The van der Waals surface area contributed by atoms with Crippen LogP contribution in [0.2, 0.25) is 0 Å². The van der Waals surface area contributed by atoms with Crippen LogP contribution >= 0.6 is 0 Å². The van der Waals surface area contributed by atoms with Gasteiger partial charge in [0.2, 0.25) is 0 Å². The van der Waals surface area contributed by atoms with Gasteiger partial charge in [-0.1, -0.05) is 33.3 Å². The lowest BCUT2D eigenvalue weighted by molar-refractivity contribution is 0.0432. The SMILES string of the molecule is CCCCOc1cccc2c1C(NCC)CC(C)(CC)O2. The summed E-state index contributed by atoms with van der Waals surface area (Å²) in [4.78, 5) is 0. The lowest BCUT2D eigenvalue weighted by Crippen LogP contribution is -2.41. The Bertz CT molecular complexity index is 461. The van der Waals surface area contributed by atoms with Crippen LogP contribution < -0.4 is 14.8 Å². The first-order chi connectivity index (χ1) is 10.1. The molecule has 0 aliphatic carbocycles. The molecule has 0 amide bonds. The molecule has 0 aromatic heterocycles. The molecule has 1 aliphatic heterocycles. The van der Waals surface area contributed by atoms with E-state index in [0.717, 1.165) is 50.3 Å². The molecular weight excluding hydrogens is 262 g/mol. The summed E-state index contributed by atoms with van der Waals surface area (Å²) in [7, 11) is 0. The first-order valence-corrected chi connectivity index (χ1v) is 8.31. The first kappa shape index (κ1) is 16.2. The molecule has 0 fully saturated rings. The van der Waals surface area contributed by atoms with E-state index in [1.807, 2.05) is 6.07 Å². The molecule has 1 N–H and O–H groups in total. The van der Waals surface area contributed by atoms with Crippen molar-refractivity contribution in [1.29, 1.82) is 0 Å². The topological polar surface area (TPSA) is 30.5 Å². The summed E-state index contributed by atoms with van der Waals surface area (Å²) in [6.07, 6.45) is 4.23. The number of benzene rings is 1. The van der Waals surface area contributed by atoms with Gasteiger partial charge in [0.1, 0.15) is 17.1 Å². The standard InChI is InChI=1S/C18H29NO2/c1-5-8-12-20-15-10-9-11-16-17(15)14(19-7-3)13-18(4,6-2)21-16/h9-11,14,19H,5-8,12-13H2,1-4H3. The van der Waals surface area contributed by atoms with Crippen molar-refractivity contribution >= 4 is 0 Å². The van der Waals surface area contributed by atoms with Gasteiger partial charge < -0.3 is 14.8 Å². The number of hydrogen-bond acceptors (Lipinski definition) is 3. The minimum atomic E-state index is -0.0954. The lowest BCUT2D eigenvalue weighted by Gasteiger charge is -2.40. The van der Waals surface area contributed by atoms with Crippen molar-refractivity contribution in [2.75, 3.05) is 13.2 Å². The lowest BCUT2D eigenvalue weighted by atomic mass is 9.86. The van der Waals surface area contributed by atoms with Crippen molar-refractivity contribution in [2.24, 2.45) is 0 Å². The van der Waals surface area contributed by atoms with Crippen LogP contribution in [0, 0.1) is 0 Å². The van der Waals surface area contributed by atoms with Crippen LogP contribution in [-0.2, 0) is 0 Å². The monoisotopic (exact) mass is 291 g/mol. The van der Waals surface area contributed by atoms with E-state index in [0.29, 0.717) is 6.04 Å². The van der Waals surface area contributed by atoms with Crippen LogP contribution in [0.1, 0.15) is 65.0 Å². The van der Waals surface area contributed by atoms with Crippen molar-refractivity contribution in [3.8, 4) is 11.5 Å². The van der Waals surface area contributed by atoms with E-state index in [1.54, 1.807) is 0 Å². The fourth-order valence-corrected chi connectivity index (χ4v) is 2.89. The zero-order valence-corrected chi connectivity index (χ0v) is 13.9. The van der Waals surface area contributed by atoms with Gasteiger partial charge in [0, 0.05) is 12.5 Å². The van der Waals surface area contributed by atoms with Gasteiger partial charge >= 0.3 is 0 Å². The molecule has 0 saturated heterocycles. The Kier molecular flexibility index (Phi) is 5.51. The van der Waals surface area contributed by atoms with Crippen LogP contribution in [-0.4, -0.2) is 18.8 Å². The van der Waals surface area contributed by atoms with Gasteiger partial charge in [0.05, 0.1) is 12.2 Å². The molecule has 2 rings (SSSR count). The average Bonchev–Trinajstić information content (AvgIpc) is 2.47. The Labute approximate surface area is 129 Å². The highest BCUT2D eigenvalue weighted by atomic mass is 16.5. The highest BCUT2D eigenvalue weighted by Crippen LogP contribution is 2.45. The van der Waals surface area contributed by atoms with E-state index in [1.165, 1.54) is 5.56 Å². The van der Waals surface area contributed by atoms with Crippen molar-refractivity contribution < 1.29 is 9.47 Å². The Morgan fingerprint density at radius 2 is 2.14 bits per heavy atom. The minimum Gasteiger partial charge on any atom is -0.493 e. The van der Waals surface area contributed by atoms with Gasteiger partial charge in [-0.2, -0.15) is 0 Å². The zero-order chi connectivity index (χ0) is 15.3. The van der Waals surface area contributed by atoms with Crippen molar-refractivity contribution in [2.45, 2.75) is 65.0 Å². The summed E-state index contributed by atoms with van der Waals surface area (Å²) in [5, 5.41) is 3.60. The minimum absolute atomic E-state index is 0.0954. The number of fused-ring (bicyclic) bond motifs is 1. The highest BCUT2D eigenvalue weighted by Gasteiger charge is 2.37. The second kappa shape index (κ2) is 7.17. The molecule has 0 spiro atoms. The molecule has 1 aromatic carbocycles. The number of rotatable bonds is 7. The molecule has 2 unspecified atom stereocenters. The van der Waals surface area contributed by atoms with Gasteiger partial charge in [-0.25, -0.2) is 0 Å². The molecule has 3 heteroatoms. The molecule has 2 atom stereocenters. The summed E-state index contributed by atoms with van der Waals surface area (Å²) in [5.41, 5.74) is 1.10. The third-order valence-corrected chi connectivity index (χ3v) is 4.32. The molecular formula is C18H29NO2. The van der Waals surface area contributed by atoms with E-state index in [4.69, 9.17) is 9.47 Å². The highest BCUT2D eigenvalue weighted by molar-refractivity contribution is 5.49. The summed E-state index contributed by atoms with van der Waals surface area (Å²) < 4.78 is 12.3. The maximum atomic E-state index is 6.27. The van der Waals surface area contributed by atoms with Crippen LogP contribution in [0.5, 0.6) is 11.5 Å². The van der Waals surface area contributed by atoms with Gasteiger partial charge in [-0.05, 0) is 38.4 Å². The second-order valence-electron chi connectivity index (χ2n) is 6.09. The van der Waals surface area contributed by atoms with E-state index >= 15 is 0 Å². The predicted octanol–water partition coefficient (Wildman–Crippen LogP) is 4.47. The van der Waals surface area contributed by atoms with Crippen LogP contribution in [0.3, 0.4) is 0 Å². The summed E-state index contributed by atoms with van der Waals surface area (Å²) in [6.45, 7) is 10.4. The third kappa shape index (κ3) is 3.70. The molecule has 1 aromatic rings. The average molecular weight is 291 g/mol. The molecule has 1 aliphatic rings. The Morgan fingerprint density at radius 1 is 1.33 bits per heavy atom. The van der Waals surface area contributed by atoms with Gasteiger partial charge in [0.15, 0.2) is 0 Å². The Hall–Kier alpha value is -1.22. The number of unbranched alkanes of at least 4 members (excludes halogenated alkanes) is 1. The van der Waals surface area contributed by atoms with Gasteiger partial charge in [-0.3, -0.25) is 0 Å². The smallest absolute Gasteiger partial charge is 0.128 e. The summed E-state index contributed by atoms with van der Waals surface area (Å²) in [5.74, 6) is 1.95. The summed E-state index contributed by atoms with van der Waals surface area (Å²) >= 11 is 0. The number of ether oxygens (including phenoxy) is 2. The van der Waals surface area contributed by atoms with E-state index in [9.17, 15) is 0 Å². The van der Waals surface area contributed by atoms with Crippen molar-refractivity contribution in [3.05, 3.63) is 23.8 Å². The fourth-order valence-electron chi connectivity index (χ4n) is 2.89. The molecule has 0 radical (unpaired) electrons. The first-order valence-electron chi connectivity index (χ1n) is 8.31. The van der Waals surface area contributed by atoms with Crippen molar-refractivity contribution in [3.63, 3.8) is 0 Å². The van der Waals surface area contributed by atoms with Gasteiger partial charge in [0.25, 0.3) is 0 Å².